The van der Waals surface area contributed by atoms with E-state index in [1.165, 1.54) is 12.1 Å². The second-order valence-electron chi connectivity index (χ2n) is 4.16. The Kier molecular flexibility index (Phi) is 3.36. The fraction of sp³-hybridized carbons (Fsp3) is 0. The predicted octanol–water partition coefficient (Wildman–Crippen LogP) is 4.82. The Morgan fingerprint density at radius 2 is 1.95 bits per heavy atom. The molecule has 3 nitrogen and oxygen atoms in total. The summed E-state index contributed by atoms with van der Waals surface area (Å²) >= 11 is 15.2. The van der Waals surface area contributed by atoms with E-state index in [0.29, 0.717) is 21.7 Å². The summed E-state index contributed by atoms with van der Waals surface area (Å²) in [6.45, 7) is 0. The molecular formula is C13H7BrCl2FN3. The van der Waals surface area contributed by atoms with E-state index in [4.69, 9.17) is 28.9 Å². The number of benzene rings is 2. The Hall–Kier alpha value is -1.30. The number of nitrogens with two attached hydrogens (primary N) is 1. The van der Waals surface area contributed by atoms with Gasteiger partial charge in [0.1, 0.15) is 5.82 Å². The minimum absolute atomic E-state index is 0.00677. The minimum atomic E-state index is -0.529. The van der Waals surface area contributed by atoms with Gasteiger partial charge >= 0.3 is 0 Å². The average Bonchev–Trinajstić information content (AvgIpc) is 2.69. The quantitative estimate of drug-likeness (QED) is 0.663. The highest BCUT2D eigenvalue weighted by Crippen LogP contribution is 2.32. The van der Waals surface area contributed by atoms with Crippen LogP contribution in [0.2, 0.25) is 10.0 Å². The number of halogens is 4. The van der Waals surface area contributed by atoms with Gasteiger partial charge in [-0.3, -0.25) is 4.57 Å². The number of fused-ring (bicyclic) bond motifs is 1. The van der Waals surface area contributed by atoms with E-state index in [1.807, 2.05) is 0 Å². The van der Waals surface area contributed by atoms with Gasteiger partial charge in [-0.2, -0.15) is 0 Å². The van der Waals surface area contributed by atoms with Crippen LogP contribution < -0.4 is 5.73 Å². The van der Waals surface area contributed by atoms with Crippen molar-refractivity contribution in [2.24, 2.45) is 0 Å². The average molecular weight is 375 g/mol. The minimum Gasteiger partial charge on any atom is -0.369 e. The SMILES string of the molecule is Nc1nc2cc(Cl)c(F)cc2n1-c1cc(Cl)ccc1Br. The van der Waals surface area contributed by atoms with Crippen LogP contribution in [0.15, 0.2) is 34.8 Å². The largest absolute Gasteiger partial charge is 0.369 e. The molecule has 2 aromatic carbocycles. The maximum absolute atomic E-state index is 13.7. The van der Waals surface area contributed by atoms with Crippen LogP contribution in [-0.2, 0) is 0 Å². The number of anilines is 1. The molecule has 0 aliphatic heterocycles. The van der Waals surface area contributed by atoms with Crippen LogP contribution in [0.3, 0.4) is 0 Å². The van der Waals surface area contributed by atoms with Crippen molar-refractivity contribution in [2.75, 3.05) is 5.73 Å². The van der Waals surface area contributed by atoms with E-state index in [0.717, 1.165) is 4.47 Å². The Bertz CT molecular complexity index is 832. The summed E-state index contributed by atoms with van der Waals surface area (Å²) in [6, 6.07) is 7.98. The summed E-state index contributed by atoms with van der Waals surface area (Å²) < 4.78 is 16.1. The van der Waals surface area contributed by atoms with Gasteiger partial charge in [0.05, 0.1) is 21.7 Å². The molecule has 0 bridgehead atoms. The van der Waals surface area contributed by atoms with E-state index in [-0.39, 0.29) is 11.0 Å². The third kappa shape index (κ3) is 2.16. The van der Waals surface area contributed by atoms with Crippen molar-refractivity contribution in [1.82, 2.24) is 9.55 Å². The number of nitrogen functional groups attached to an aromatic ring is 1. The Morgan fingerprint density at radius 3 is 2.70 bits per heavy atom. The van der Waals surface area contributed by atoms with Crippen molar-refractivity contribution >= 4 is 56.1 Å². The van der Waals surface area contributed by atoms with Crippen molar-refractivity contribution in [3.05, 3.63) is 50.7 Å². The first kappa shape index (κ1) is 13.7. The molecule has 20 heavy (non-hydrogen) atoms. The maximum atomic E-state index is 13.7. The first-order chi connectivity index (χ1) is 9.47. The van der Waals surface area contributed by atoms with Crippen LogP contribution >= 0.6 is 39.1 Å². The fourth-order valence-corrected chi connectivity index (χ4v) is 2.75. The van der Waals surface area contributed by atoms with Crippen molar-refractivity contribution < 1.29 is 4.39 Å². The molecule has 102 valence electrons. The maximum Gasteiger partial charge on any atom is 0.205 e. The van der Waals surface area contributed by atoms with E-state index < -0.39 is 5.82 Å². The summed E-state index contributed by atoms with van der Waals surface area (Å²) in [5.74, 6) is -0.303. The first-order valence-electron chi connectivity index (χ1n) is 5.56. The van der Waals surface area contributed by atoms with Gasteiger partial charge in [-0.15, -0.1) is 0 Å². The number of hydrogen-bond acceptors (Lipinski definition) is 2. The molecule has 3 aromatic rings. The molecule has 0 unspecified atom stereocenters. The van der Waals surface area contributed by atoms with Crippen molar-refractivity contribution in [3.63, 3.8) is 0 Å². The molecule has 0 saturated carbocycles. The Morgan fingerprint density at radius 1 is 1.20 bits per heavy atom. The zero-order valence-corrected chi connectivity index (χ0v) is 13.0. The van der Waals surface area contributed by atoms with Crippen molar-refractivity contribution in [1.29, 1.82) is 0 Å². The highest BCUT2D eigenvalue weighted by Gasteiger charge is 2.15. The molecule has 2 N–H and O–H groups in total. The van der Waals surface area contributed by atoms with Gasteiger partial charge in [-0.1, -0.05) is 23.2 Å². The number of rotatable bonds is 1. The van der Waals surface area contributed by atoms with Crippen LogP contribution in [0, 0.1) is 5.82 Å². The molecule has 7 heteroatoms. The van der Waals surface area contributed by atoms with Crippen molar-refractivity contribution in [2.45, 2.75) is 0 Å². The zero-order chi connectivity index (χ0) is 14.4. The fourth-order valence-electron chi connectivity index (χ4n) is 2.00. The van der Waals surface area contributed by atoms with E-state index >= 15 is 0 Å². The second-order valence-corrected chi connectivity index (χ2v) is 5.85. The van der Waals surface area contributed by atoms with Crippen LogP contribution in [0.25, 0.3) is 16.7 Å². The van der Waals surface area contributed by atoms with Gasteiger partial charge in [0.15, 0.2) is 0 Å². The topological polar surface area (TPSA) is 43.8 Å². The van der Waals surface area contributed by atoms with Gasteiger partial charge in [-0.25, -0.2) is 9.37 Å². The third-order valence-corrected chi connectivity index (χ3v) is 4.07. The highest BCUT2D eigenvalue weighted by atomic mass is 79.9. The molecule has 0 atom stereocenters. The Labute approximate surface area is 132 Å². The lowest BCUT2D eigenvalue weighted by atomic mass is 10.2. The number of imidazole rings is 1. The summed E-state index contributed by atoms with van der Waals surface area (Å²) in [5, 5.41) is 0.547. The van der Waals surface area contributed by atoms with Gasteiger partial charge in [0.25, 0.3) is 0 Å². The molecule has 3 rings (SSSR count). The molecule has 1 heterocycles. The number of aromatic nitrogens is 2. The molecule has 0 saturated heterocycles. The molecular weight excluding hydrogens is 368 g/mol. The lowest BCUT2D eigenvalue weighted by molar-refractivity contribution is 0.629. The third-order valence-electron chi connectivity index (χ3n) is 2.87. The number of nitrogens with zero attached hydrogens (tertiary/aromatic N) is 2. The van der Waals surface area contributed by atoms with Gasteiger partial charge in [0.2, 0.25) is 5.95 Å². The van der Waals surface area contributed by atoms with Crippen LogP contribution in [0.4, 0.5) is 10.3 Å². The van der Waals surface area contributed by atoms with Crippen LogP contribution in [0.1, 0.15) is 0 Å². The first-order valence-corrected chi connectivity index (χ1v) is 7.10. The smallest absolute Gasteiger partial charge is 0.205 e. The lowest BCUT2D eigenvalue weighted by Crippen LogP contribution is -2.01. The van der Waals surface area contributed by atoms with E-state index in [2.05, 4.69) is 20.9 Å². The normalized spacial score (nSPS) is 11.2. The molecule has 0 spiro atoms. The predicted molar refractivity (Wildman–Crippen MR) is 83.2 cm³/mol. The highest BCUT2D eigenvalue weighted by molar-refractivity contribution is 9.10. The van der Waals surface area contributed by atoms with E-state index in [9.17, 15) is 4.39 Å². The summed E-state index contributed by atoms with van der Waals surface area (Å²) in [6.07, 6.45) is 0. The van der Waals surface area contributed by atoms with Crippen LogP contribution in [0.5, 0.6) is 0 Å². The Balaban J connectivity index is 2.38. The number of hydrogen-bond donors (Lipinski definition) is 1. The second kappa shape index (κ2) is 4.91. The molecule has 1 aromatic heterocycles. The van der Waals surface area contributed by atoms with Gasteiger partial charge < -0.3 is 5.73 Å². The van der Waals surface area contributed by atoms with Crippen molar-refractivity contribution in [3.8, 4) is 5.69 Å². The standard InChI is InChI=1S/C13H7BrCl2FN3/c14-7-2-1-6(15)3-11(7)20-12-5-9(17)8(16)4-10(12)19-13(20)18/h1-5H,(H2,18,19). The molecule has 0 aliphatic rings. The molecule has 0 amide bonds. The lowest BCUT2D eigenvalue weighted by Gasteiger charge is -2.09. The monoisotopic (exact) mass is 373 g/mol. The molecule has 0 fully saturated rings. The van der Waals surface area contributed by atoms with E-state index in [1.54, 1.807) is 22.8 Å². The summed E-state index contributed by atoms with van der Waals surface area (Å²) in [4.78, 5) is 4.19. The van der Waals surface area contributed by atoms with Gasteiger partial charge in [0, 0.05) is 15.6 Å². The summed E-state index contributed by atoms with van der Waals surface area (Å²) in [7, 11) is 0. The van der Waals surface area contributed by atoms with Crippen LogP contribution in [-0.4, -0.2) is 9.55 Å². The zero-order valence-electron chi connectivity index (χ0n) is 9.87. The molecule has 0 radical (unpaired) electrons. The van der Waals surface area contributed by atoms with Gasteiger partial charge in [-0.05, 0) is 40.2 Å². The summed E-state index contributed by atoms with van der Waals surface area (Å²) in [5.41, 5.74) is 7.64. The molecule has 0 aliphatic carbocycles.